The van der Waals surface area contributed by atoms with Crippen LogP contribution in [0.1, 0.15) is 31.7 Å². The highest BCUT2D eigenvalue weighted by atomic mass is 16.5. The molecule has 0 saturated heterocycles. The Morgan fingerprint density at radius 3 is 2.74 bits per heavy atom. The van der Waals surface area contributed by atoms with E-state index in [-0.39, 0.29) is 18.3 Å². The molecule has 1 N–H and O–H groups in total. The van der Waals surface area contributed by atoms with Gasteiger partial charge in [-0.15, -0.1) is 0 Å². The average molecular weight is 262 g/mol. The summed E-state index contributed by atoms with van der Waals surface area (Å²) in [5.41, 5.74) is 1.61. The Hall–Kier alpha value is -1.97. The quantitative estimate of drug-likeness (QED) is 0.893. The Labute approximate surface area is 112 Å². The molecular weight excluding hydrogens is 244 g/mol. The lowest BCUT2D eigenvalue weighted by molar-refractivity contribution is -0.137. The molecule has 4 nitrogen and oxygen atoms in total. The van der Waals surface area contributed by atoms with Crippen molar-refractivity contribution in [2.75, 3.05) is 7.11 Å². The van der Waals surface area contributed by atoms with Gasteiger partial charge in [-0.25, -0.2) is 0 Å². The molecule has 1 heterocycles. The van der Waals surface area contributed by atoms with E-state index in [9.17, 15) is 4.79 Å². The fourth-order valence-corrected chi connectivity index (χ4v) is 2.39. The van der Waals surface area contributed by atoms with Crippen LogP contribution in [0.5, 0.6) is 5.75 Å². The van der Waals surface area contributed by atoms with E-state index in [1.807, 2.05) is 32.0 Å². The van der Waals surface area contributed by atoms with Crippen molar-refractivity contribution in [2.24, 2.45) is 5.92 Å². The molecule has 1 aromatic heterocycles. The fourth-order valence-electron chi connectivity index (χ4n) is 2.39. The van der Waals surface area contributed by atoms with Gasteiger partial charge in [0.15, 0.2) is 11.3 Å². The third kappa shape index (κ3) is 2.57. The second-order valence-corrected chi connectivity index (χ2v) is 4.98. The van der Waals surface area contributed by atoms with Gasteiger partial charge < -0.3 is 14.3 Å². The summed E-state index contributed by atoms with van der Waals surface area (Å²) in [5.74, 6) is 0.0338. The average Bonchev–Trinajstić information content (AvgIpc) is 2.78. The zero-order valence-electron chi connectivity index (χ0n) is 11.3. The monoisotopic (exact) mass is 262 g/mol. The lowest BCUT2D eigenvalue weighted by Crippen LogP contribution is -2.11. The van der Waals surface area contributed by atoms with Crippen LogP contribution in [0.4, 0.5) is 0 Å². The number of carbonyl (C=O) groups is 1. The summed E-state index contributed by atoms with van der Waals surface area (Å²) in [6.45, 7) is 4.04. The standard InChI is InChI=1S/C15H18O4/c1-9(2)11(7-14(16)17)12-8-19-15-10(12)5-4-6-13(15)18-3/h4-6,8-9,11H,7H2,1-3H3,(H,16,17). The van der Waals surface area contributed by atoms with Gasteiger partial charge in [0.2, 0.25) is 0 Å². The number of carboxylic acid groups (broad SMARTS) is 1. The molecule has 1 atom stereocenters. The van der Waals surface area contributed by atoms with Gasteiger partial charge >= 0.3 is 5.97 Å². The topological polar surface area (TPSA) is 59.7 Å². The summed E-state index contributed by atoms with van der Waals surface area (Å²) in [4.78, 5) is 11.0. The zero-order chi connectivity index (χ0) is 14.0. The molecule has 0 bridgehead atoms. The Balaban J connectivity index is 2.51. The molecule has 0 aliphatic carbocycles. The van der Waals surface area contributed by atoms with Gasteiger partial charge in [-0.2, -0.15) is 0 Å². The van der Waals surface area contributed by atoms with Gasteiger partial charge in [0.05, 0.1) is 19.8 Å². The van der Waals surface area contributed by atoms with E-state index in [1.54, 1.807) is 13.4 Å². The summed E-state index contributed by atoms with van der Waals surface area (Å²) in [7, 11) is 1.59. The minimum absolute atomic E-state index is 0.0640. The van der Waals surface area contributed by atoms with Gasteiger partial charge in [0, 0.05) is 16.9 Å². The highest BCUT2D eigenvalue weighted by molar-refractivity contribution is 5.87. The van der Waals surface area contributed by atoms with Gasteiger partial charge in [-0.1, -0.05) is 26.0 Å². The Morgan fingerprint density at radius 1 is 1.42 bits per heavy atom. The second-order valence-electron chi connectivity index (χ2n) is 4.98. The number of methoxy groups -OCH3 is 1. The Bertz CT molecular complexity index is 583. The van der Waals surface area contributed by atoms with Crippen molar-refractivity contribution in [1.82, 2.24) is 0 Å². The molecule has 1 unspecified atom stereocenters. The molecule has 0 radical (unpaired) electrons. The zero-order valence-corrected chi connectivity index (χ0v) is 11.3. The fraction of sp³-hybridized carbons (Fsp3) is 0.400. The predicted octanol–water partition coefficient (Wildman–Crippen LogP) is 3.66. The molecule has 102 valence electrons. The largest absolute Gasteiger partial charge is 0.493 e. The molecule has 0 saturated carbocycles. The minimum Gasteiger partial charge on any atom is -0.493 e. The van der Waals surface area contributed by atoms with Crippen molar-refractivity contribution in [1.29, 1.82) is 0 Å². The lowest BCUT2D eigenvalue weighted by atomic mass is 9.85. The second kappa shape index (κ2) is 5.34. The van der Waals surface area contributed by atoms with Gasteiger partial charge in [0.25, 0.3) is 0 Å². The first-order valence-corrected chi connectivity index (χ1v) is 6.30. The van der Waals surface area contributed by atoms with Crippen LogP contribution in [0.2, 0.25) is 0 Å². The number of aliphatic carboxylic acids is 1. The van der Waals surface area contributed by atoms with E-state index < -0.39 is 5.97 Å². The molecule has 2 rings (SSSR count). The predicted molar refractivity (Wildman–Crippen MR) is 72.6 cm³/mol. The Morgan fingerprint density at radius 2 is 2.16 bits per heavy atom. The van der Waals surface area contributed by atoms with Crippen molar-refractivity contribution in [3.63, 3.8) is 0 Å². The van der Waals surface area contributed by atoms with Crippen molar-refractivity contribution in [3.8, 4) is 5.75 Å². The smallest absolute Gasteiger partial charge is 0.303 e. The van der Waals surface area contributed by atoms with Crippen molar-refractivity contribution in [3.05, 3.63) is 30.0 Å². The molecule has 0 spiro atoms. The van der Waals surface area contributed by atoms with Crippen LogP contribution < -0.4 is 4.74 Å². The van der Waals surface area contributed by atoms with Crippen molar-refractivity contribution >= 4 is 16.9 Å². The molecule has 19 heavy (non-hydrogen) atoms. The molecule has 1 aromatic carbocycles. The van der Waals surface area contributed by atoms with E-state index in [1.165, 1.54) is 0 Å². The van der Waals surface area contributed by atoms with Crippen LogP contribution >= 0.6 is 0 Å². The van der Waals surface area contributed by atoms with Crippen LogP contribution in [-0.4, -0.2) is 18.2 Å². The summed E-state index contributed by atoms with van der Waals surface area (Å²) >= 11 is 0. The third-order valence-electron chi connectivity index (χ3n) is 3.41. The van der Waals surface area contributed by atoms with Crippen LogP contribution in [0.3, 0.4) is 0 Å². The van der Waals surface area contributed by atoms with Gasteiger partial charge in [0.1, 0.15) is 0 Å². The van der Waals surface area contributed by atoms with E-state index in [0.717, 1.165) is 10.9 Å². The number of fused-ring (bicyclic) bond motifs is 1. The number of ether oxygens (including phenoxy) is 1. The number of hydrogen-bond donors (Lipinski definition) is 1. The molecule has 0 aliphatic heterocycles. The molecule has 0 amide bonds. The van der Waals surface area contributed by atoms with Crippen LogP contribution in [0.15, 0.2) is 28.9 Å². The number of benzene rings is 1. The maximum Gasteiger partial charge on any atom is 0.303 e. The maximum absolute atomic E-state index is 11.0. The molecule has 4 heteroatoms. The normalized spacial score (nSPS) is 12.8. The van der Waals surface area contributed by atoms with E-state index in [0.29, 0.717) is 11.3 Å². The number of hydrogen-bond acceptors (Lipinski definition) is 3. The lowest BCUT2D eigenvalue weighted by Gasteiger charge is -2.17. The third-order valence-corrected chi connectivity index (χ3v) is 3.41. The highest BCUT2D eigenvalue weighted by Gasteiger charge is 2.24. The number of carboxylic acids is 1. The number of rotatable bonds is 5. The van der Waals surface area contributed by atoms with Crippen LogP contribution in [-0.2, 0) is 4.79 Å². The Kier molecular flexibility index (Phi) is 3.79. The molecule has 2 aromatic rings. The molecular formula is C15H18O4. The minimum atomic E-state index is -0.795. The first-order valence-electron chi connectivity index (χ1n) is 6.30. The van der Waals surface area contributed by atoms with Crippen molar-refractivity contribution in [2.45, 2.75) is 26.2 Å². The molecule has 0 fully saturated rings. The first-order chi connectivity index (χ1) is 9.04. The summed E-state index contributed by atoms with van der Waals surface area (Å²) in [6.07, 6.45) is 1.75. The van der Waals surface area contributed by atoms with Crippen LogP contribution in [0, 0.1) is 5.92 Å². The molecule has 0 aliphatic rings. The summed E-state index contributed by atoms with van der Waals surface area (Å²) < 4.78 is 10.8. The number of para-hydroxylation sites is 1. The first kappa shape index (κ1) is 13.5. The van der Waals surface area contributed by atoms with Gasteiger partial charge in [-0.05, 0) is 12.0 Å². The summed E-state index contributed by atoms with van der Waals surface area (Å²) in [6, 6.07) is 5.66. The highest BCUT2D eigenvalue weighted by Crippen LogP contribution is 2.37. The van der Waals surface area contributed by atoms with E-state index in [4.69, 9.17) is 14.3 Å². The van der Waals surface area contributed by atoms with E-state index >= 15 is 0 Å². The van der Waals surface area contributed by atoms with Gasteiger partial charge in [-0.3, -0.25) is 4.79 Å². The maximum atomic E-state index is 11.0. The summed E-state index contributed by atoms with van der Waals surface area (Å²) in [5, 5.41) is 9.98. The number of furan rings is 1. The van der Waals surface area contributed by atoms with E-state index in [2.05, 4.69) is 0 Å². The van der Waals surface area contributed by atoms with Crippen LogP contribution in [0.25, 0.3) is 11.0 Å². The SMILES string of the molecule is COc1cccc2c(C(CC(=O)O)C(C)C)coc12. The van der Waals surface area contributed by atoms with Crippen molar-refractivity contribution < 1.29 is 19.1 Å².